The summed E-state index contributed by atoms with van der Waals surface area (Å²) in [4.78, 5) is 0. The first kappa shape index (κ1) is 41.4. The Morgan fingerprint density at radius 2 is 0.673 bits per heavy atom. The molecule has 5 rings (SSSR count). The molecule has 0 saturated heterocycles. The van der Waals surface area contributed by atoms with Gasteiger partial charge in [0.1, 0.15) is 0 Å². The maximum absolute atomic E-state index is 2.87. The monoisotopic (exact) mass is 910 g/mol. The molecular formula is C50H70Sn2. The molecule has 0 heterocycles. The van der Waals surface area contributed by atoms with Crippen LogP contribution >= 0.6 is 0 Å². The van der Waals surface area contributed by atoms with Gasteiger partial charge in [-0.15, -0.1) is 0 Å². The Labute approximate surface area is 327 Å². The van der Waals surface area contributed by atoms with E-state index in [2.05, 4.69) is 139 Å². The molecule has 0 fully saturated rings. The molecule has 0 nitrogen and oxygen atoms in total. The van der Waals surface area contributed by atoms with Crippen molar-refractivity contribution in [2.24, 2.45) is 0 Å². The molecule has 2 heteroatoms. The molecule has 0 spiro atoms. The molecule has 0 aliphatic carbocycles. The normalized spacial score (nSPS) is 12.3. The number of rotatable bonds is 22. The van der Waals surface area contributed by atoms with Crippen LogP contribution < -0.4 is 7.16 Å². The molecule has 0 aromatic heterocycles. The fourth-order valence-electron chi connectivity index (χ4n) is 9.61. The van der Waals surface area contributed by atoms with E-state index in [9.17, 15) is 0 Å². The van der Waals surface area contributed by atoms with Crippen LogP contribution in [-0.4, -0.2) is 36.8 Å². The maximum atomic E-state index is 2.65. The summed E-state index contributed by atoms with van der Waals surface area (Å²) < 4.78 is 12.6. The molecule has 0 aliphatic rings. The molecule has 0 bridgehead atoms. The molecule has 278 valence electrons. The van der Waals surface area contributed by atoms with Crippen LogP contribution in [0.3, 0.4) is 0 Å². The number of hydrogen-bond acceptors (Lipinski definition) is 0. The van der Waals surface area contributed by atoms with Gasteiger partial charge in [0.15, 0.2) is 0 Å². The van der Waals surface area contributed by atoms with Crippen molar-refractivity contribution < 1.29 is 0 Å². The second-order valence-electron chi connectivity index (χ2n) is 16.2. The number of benzene rings is 5. The average Bonchev–Trinajstić information content (AvgIpc) is 3.20. The van der Waals surface area contributed by atoms with Gasteiger partial charge in [0.05, 0.1) is 0 Å². The minimum absolute atomic E-state index is 1.30. The first-order chi connectivity index (χ1) is 25.5. The summed E-state index contributed by atoms with van der Waals surface area (Å²) in [7, 11) is 0. The summed E-state index contributed by atoms with van der Waals surface area (Å²) in [6.45, 7) is 14.5. The molecule has 0 N–H and O–H groups in total. The predicted molar refractivity (Wildman–Crippen MR) is 241 cm³/mol. The quantitative estimate of drug-likeness (QED) is 0.0607. The van der Waals surface area contributed by atoms with Crippen LogP contribution in [-0.2, 0) is 0 Å². The van der Waals surface area contributed by atoms with E-state index in [4.69, 9.17) is 0 Å². The van der Waals surface area contributed by atoms with Crippen LogP contribution in [0.15, 0.2) is 97.1 Å². The number of hydrogen-bond donors (Lipinski definition) is 0. The molecule has 5 aromatic rings. The number of unbranched alkanes of at least 4 members (excludes halogenated alkanes) is 6. The minimum atomic E-state index is -2.87. The van der Waals surface area contributed by atoms with E-state index >= 15 is 0 Å². The fraction of sp³-hybridized carbons (Fsp3) is 0.480. The zero-order valence-electron chi connectivity index (χ0n) is 34.0. The van der Waals surface area contributed by atoms with Gasteiger partial charge in [-0.25, -0.2) is 0 Å². The first-order valence-corrected chi connectivity index (χ1v) is 36.6. The molecule has 0 unspecified atom stereocenters. The van der Waals surface area contributed by atoms with Crippen molar-refractivity contribution in [1.29, 1.82) is 0 Å². The average molecular weight is 909 g/mol. The summed E-state index contributed by atoms with van der Waals surface area (Å²) in [6.07, 6.45) is 16.1. The Morgan fingerprint density at radius 1 is 0.346 bits per heavy atom. The zero-order valence-corrected chi connectivity index (χ0v) is 39.7. The van der Waals surface area contributed by atoms with Crippen LogP contribution in [0, 0.1) is 0 Å². The Bertz CT molecular complexity index is 1660. The first-order valence-electron chi connectivity index (χ1n) is 21.7. The predicted octanol–water partition coefficient (Wildman–Crippen LogP) is 15.4. The van der Waals surface area contributed by atoms with Crippen molar-refractivity contribution in [3.63, 3.8) is 0 Å². The third kappa shape index (κ3) is 9.53. The Hall–Kier alpha value is -1.78. The Morgan fingerprint density at radius 3 is 1.00 bits per heavy atom. The molecular weight excluding hydrogens is 838 g/mol. The summed E-state index contributed by atoms with van der Waals surface area (Å²) in [6, 6.07) is 38.9. The molecule has 5 aromatic carbocycles. The van der Waals surface area contributed by atoms with Crippen LogP contribution in [0.25, 0.3) is 43.8 Å². The molecule has 0 saturated carbocycles. The third-order valence-electron chi connectivity index (χ3n) is 12.5. The second kappa shape index (κ2) is 20.8. The van der Waals surface area contributed by atoms with E-state index in [1.54, 1.807) is 21.9 Å². The van der Waals surface area contributed by atoms with Gasteiger partial charge in [0.2, 0.25) is 0 Å². The molecule has 0 amide bonds. The summed E-state index contributed by atoms with van der Waals surface area (Å²) in [5.74, 6) is 0. The van der Waals surface area contributed by atoms with Crippen LogP contribution in [0.1, 0.15) is 119 Å². The van der Waals surface area contributed by atoms with Crippen molar-refractivity contribution in [2.75, 3.05) is 0 Å². The summed E-state index contributed by atoms with van der Waals surface area (Å²) >= 11 is -5.74. The van der Waals surface area contributed by atoms with E-state index in [0.29, 0.717) is 0 Å². The fourth-order valence-corrected chi connectivity index (χ4v) is 44.9. The standard InChI is InChI=1S/C26H16.6C4H9.2Sn/c1-3-8-21-16-25(14-12-19(21)6-1)23-10-5-11-24(18-23)26-15-13-20-7-2-4-9-22(20)17-26;6*1-3-4-2;;/h1-15,18H;6*1,3-4H2,2H3;;. The van der Waals surface area contributed by atoms with E-state index in [-0.39, 0.29) is 0 Å². The van der Waals surface area contributed by atoms with Gasteiger partial charge < -0.3 is 0 Å². The van der Waals surface area contributed by atoms with Gasteiger partial charge in [-0.3, -0.25) is 0 Å². The van der Waals surface area contributed by atoms with Gasteiger partial charge in [-0.2, -0.15) is 0 Å². The van der Waals surface area contributed by atoms with Crippen LogP contribution in [0.4, 0.5) is 0 Å². The van der Waals surface area contributed by atoms with Crippen LogP contribution in [0.5, 0.6) is 0 Å². The van der Waals surface area contributed by atoms with Gasteiger partial charge in [0.25, 0.3) is 0 Å². The van der Waals surface area contributed by atoms with Gasteiger partial charge in [-0.1, -0.05) is 0 Å². The van der Waals surface area contributed by atoms with Gasteiger partial charge in [0, 0.05) is 0 Å². The van der Waals surface area contributed by atoms with Gasteiger partial charge in [-0.05, 0) is 0 Å². The van der Waals surface area contributed by atoms with Crippen LogP contribution in [0.2, 0.25) is 26.6 Å². The second-order valence-corrected chi connectivity index (χ2v) is 42.2. The summed E-state index contributed by atoms with van der Waals surface area (Å²) in [5, 5.41) is 6.04. The van der Waals surface area contributed by atoms with Crippen molar-refractivity contribution >= 4 is 65.5 Å². The number of fused-ring (bicyclic) bond motifs is 2. The topological polar surface area (TPSA) is 0 Å². The van der Waals surface area contributed by atoms with Gasteiger partial charge >= 0.3 is 330 Å². The van der Waals surface area contributed by atoms with E-state index in [0.717, 1.165) is 0 Å². The van der Waals surface area contributed by atoms with Crippen molar-refractivity contribution in [3.8, 4) is 22.3 Å². The van der Waals surface area contributed by atoms with E-state index in [1.165, 1.54) is 126 Å². The Balaban J connectivity index is 1.80. The zero-order chi connectivity index (χ0) is 36.8. The molecule has 0 aliphatic heterocycles. The van der Waals surface area contributed by atoms with Crippen molar-refractivity contribution in [3.05, 3.63) is 97.1 Å². The molecule has 0 atom stereocenters. The van der Waals surface area contributed by atoms with E-state index < -0.39 is 36.8 Å². The van der Waals surface area contributed by atoms with Crippen molar-refractivity contribution in [1.82, 2.24) is 0 Å². The summed E-state index contributed by atoms with van der Waals surface area (Å²) in [5.41, 5.74) is 6.05. The van der Waals surface area contributed by atoms with E-state index in [1.807, 2.05) is 7.16 Å². The molecule has 0 radical (unpaired) electrons. The SMILES string of the molecule is CCC[CH2][Sn]([CH2]CCC)([CH2]CCC)[c]1c(-c2cccc(-c3ccc4ccccc4[c]3[Sn]([CH2]CCC)([CH2]CCC)[CH2]CCC)c2)ccc2ccccc12. The third-order valence-corrected chi connectivity index (χ3v) is 44.0. The molecule has 52 heavy (non-hydrogen) atoms. The van der Waals surface area contributed by atoms with Crippen molar-refractivity contribution in [2.45, 2.75) is 145 Å². The Kier molecular flexibility index (Phi) is 16.5.